The van der Waals surface area contributed by atoms with Crippen LogP contribution in [0.1, 0.15) is 92.8 Å². The molecule has 0 unspecified atom stereocenters. The topological polar surface area (TPSA) is 53.0 Å². The van der Waals surface area contributed by atoms with Crippen LogP contribution in [0.3, 0.4) is 0 Å². The molecule has 0 N–H and O–H groups in total. The molecule has 10 rings (SSSR count). The zero-order valence-corrected chi connectivity index (χ0v) is 41.4. The van der Waals surface area contributed by atoms with Crippen LogP contribution in [0.5, 0.6) is 11.5 Å². The van der Waals surface area contributed by atoms with Crippen LogP contribution in [-0.4, -0.2) is 30.8 Å². The third kappa shape index (κ3) is 8.14. The van der Waals surface area contributed by atoms with Gasteiger partial charge in [0.15, 0.2) is 0 Å². The average Bonchev–Trinajstić information content (AvgIpc) is 3.99. The van der Waals surface area contributed by atoms with Crippen molar-refractivity contribution >= 4 is 29.5 Å². The molecular weight excluding hydrogens is 1000 g/mol. The van der Waals surface area contributed by atoms with Crippen molar-refractivity contribution in [1.82, 2.24) is 23.8 Å². The molecule has 0 radical (unpaired) electrons. The van der Waals surface area contributed by atoms with E-state index in [9.17, 15) is 5.48 Å². The second-order valence-electron chi connectivity index (χ2n) is 19.9. The zero-order valence-electron chi connectivity index (χ0n) is 49.1. The molecule has 4 heterocycles. The number of aromatic nitrogens is 5. The Bertz CT molecular complexity index is 3850. The van der Waals surface area contributed by atoms with Crippen molar-refractivity contribution in [3.05, 3.63) is 184 Å². The number of rotatable bonds is 7. The summed E-state index contributed by atoms with van der Waals surface area (Å²) in [6.07, 6.45) is 1.84. The summed E-state index contributed by atoms with van der Waals surface area (Å²) in [5.41, 5.74) is 6.63. The maximum absolute atomic E-state index is 9.31. The van der Waals surface area contributed by atoms with Crippen LogP contribution in [0.25, 0.3) is 55.9 Å². The maximum atomic E-state index is 9.31. The minimum absolute atomic E-state index is 0.112. The summed E-state index contributed by atoms with van der Waals surface area (Å²) < 4.78 is 103. The summed E-state index contributed by atoms with van der Waals surface area (Å²) in [6, 6.07) is 28.8. The van der Waals surface area contributed by atoms with Crippen LogP contribution in [0, 0.1) is 15.9 Å². The fourth-order valence-electron chi connectivity index (χ4n) is 8.54. The number of hydrogen-bond acceptors (Lipinski definition) is 4. The SMILES string of the molecule is [2H]c1c([2H])c([2H])c(-c2cc(C(C)(C)C)cc(-c3c([2H])c([2H])c([2H])c([2H])c3[2H])c2-n2[c](=[Pt])n(-c3[c-]c(Oc4[c-]c5c(cc4)-c4cc(C(C)(C)C)nn4B(C)N5c4cc(C(C)(C)C)ccn4)ccc3)c3ccccc32)c([2H])c1[2H]. The number of hydrogen-bond donors (Lipinski definition) is 0. The molecule has 1 aliphatic heterocycles. The summed E-state index contributed by atoms with van der Waals surface area (Å²) >= 11 is 2.17. The molecule has 3 aromatic heterocycles. The van der Waals surface area contributed by atoms with Gasteiger partial charge in [-0.2, -0.15) is 5.10 Å². The fourth-order valence-corrected chi connectivity index (χ4v) is 9.62. The van der Waals surface area contributed by atoms with Gasteiger partial charge in [-0.15, -0.1) is 0 Å². The van der Waals surface area contributed by atoms with Crippen molar-refractivity contribution in [3.63, 3.8) is 0 Å². The van der Waals surface area contributed by atoms with E-state index in [1.165, 1.54) is 0 Å². The average molecular weight is 1070 g/mol. The number of imidazole rings is 1. The van der Waals surface area contributed by atoms with Gasteiger partial charge >= 0.3 is 341 Å². The number of nitrogens with zero attached hydrogens (tertiary/aromatic N) is 6. The number of ether oxygens (including phenoxy) is 1. The number of para-hydroxylation sites is 2. The number of anilines is 2. The van der Waals surface area contributed by atoms with Gasteiger partial charge in [0.05, 0.1) is 5.69 Å². The third-order valence-corrected chi connectivity index (χ3v) is 13.2. The van der Waals surface area contributed by atoms with Gasteiger partial charge in [0, 0.05) is 11.6 Å². The van der Waals surface area contributed by atoms with E-state index in [1.807, 2.05) is 90.7 Å². The molecule has 0 saturated heterocycles. The molecule has 9 aromatic rings. The molecule has 67 heavy (non-hydrogen) atoms. The van der Waals surface area contributed by atoms with E-state index in [0.29, 0.717) is 37.6 Å². The van der Waals surface area contributed by atoms with E-state index in [2.05, 4.69) is 101 Å². The van der Waals surface area contributed by atoms with Gasteiger partial charge in [0.1, 0.15) is 0 Å². The zero-order chi connectivity index (χ0) is 55.7. The summed E-state index contributed by atoms with van der Waals surface area (Å²) in [5.74, 6) is 1.54. The molecule has 0 amide bonds. The molecule has 7 nitrogen and oxygen atoms in total. The van der Waals surface area contributed by atoms with Crippen LogP contribution < -0.4 is 9.55 Å². The van der Waals surface area contributed by atoms with E-state index in [-0.39, 0.29) is 45.8 Å². The summed E-state index contributed by atoms with van der Waals surface area (Å²) in [5, 5.41) is 5.13. The standard InChI is InChI=1S/C58H55BN6O.Pt/c1-56(2,3)41-30-31-60-54(34-41)64-51-36-45(28-29-46(51)52-37-53(58(7,8)9)61-65(52)59(64)10)66-44-25-19-24-43(35-44)62-38-63(50-27-18-17-26-49(50)62)55-47(39-20-13-11-14-21-39)32-42(57(4,5)6)33-48(55)40-22-15-12-16-23-40;/h11-34,37H,1-10H3;/q-2;/i11D,12D,13D,14D,15D,16D,20D,21D,22D,23D;. The van der Waals surface area contributed by atoms with Crippen LogP contribution in [-0.2, 0) is 35.6 Å². The predicted molar refractivity (Wildman–Crippen MR) is 272 cm³/mol. The van der Waals surface area contributed by atoms with E-state index < -0.39 is 65.8 Å². The molecule has 0 fully saturated rings. The summed E-state index contributed by atoms with van der Waals surface area (Å²) in [7, 11) is 0. The van der Waals surface area contributed by atoms with Gasteiger partial charge in [-0.25, -0.2) is 0 Å². The third-order valence-electron chi connectivity index (χ3n) is 12.2. The van der Waals surface area contributed by atoms with E-state index in [1.54, 1.807) is 18.2 Å². The summed E-state index contributed by atoms with van der Waals surface area (Å²) in [6.45, 7) is 20.7. The van der Waals surface area contributed by atoms with Gasteiger partial charge in [0.2, 0.25) is 0 Å². The molecular formula is C58H55BN6OPt-2. The second-order valence-corrected chi connectivity index (χ2v) is 20.9. The van der Waals surface area contributed by atoms with Gasteiger partial charge in [0.25, 0.3) is 0 Å². The van der Waals surface area contributed by atoms with Crippen LogP contribution in [0.15, 0.2) is 152 Å². The molecule has 0 atom stereocenters. The molecule has 338 valence electrons. The Balaban J connectivity index is 1.19. The number of fused-ring (bicyclic) bond motifs is 4. The second kappa shape index (κ2) is 16.7. The van der Waals surface area contributed by atoms with Crippen molar-refractivity contribution in [3.8, 4) is 56.4 Å². The first-order valence-corrected chi connectivity index (χ1v) is 23.4. The van der Waals surface area contributed by atoms with E-state index in [0.717, 1.165) is 34.0 Å². The van der Waals surface area contributed by atoms with Gasteiger partial charge in [-0.3, -0.25) is 0 Å². The first-order valence-electron chi connectivity index (χ1n) is 27.2. The fraction of sp³-hybridized carbons (Fsp3) is 0.224. The Labute approximate surface area is 420 Å². The van der Waals surface area contributed by atoms with Gasteiger partial charge < -0.3 is 0 Å². The van der Waals surface area contributed by atoms with Gasteiger partial charge in [-0.05, 0) is 17.0 Å². The normalized spacial score (nSPS) is 15.0. The van der Waals surface area contributed by atoms with Crippen LogP contribution in [0.2, 0.25) is 6.82 Å². The first kappa shape index (κ1) is 33.9. The van der Waals surface area contributed by atoms with E-state index >= 15 is 0 Å². The minimum atomic E-state index is -0.636. The van der Waals surface area contributed by atoms with Crippen LogP contribution >= 0.6 is 0 Å². The van der Waals surface area contributed by atoms with Crippen molar-refractivity contribution in [2.24, 2.45) is 0 Å². The molecule has 0 spiro atoms. The molecule has 6 aromatic carbocycles. The van der Waals surface area contributed by atoms with Crippen molar-refractivity contribution in [2.75, 3.05) is 4.81 Å². The molecule has 0 saturated carbocycles. The predicted octanol–water partition coefficient (Wildman–Crippen LogP) is 14.5. The van der Waals surface area contributed by atoms with Gasteiger partial charge in [-0.1, -0.05) is 41.5 Å². The Kier molecular flexibility index (Phi) is 8.44. The van der Waals surface area contributed by atoms with E-state index in [4.69, 9.17) is 23.0 Å². The molecule has 9 heteroatoms. The number of benzene rings is 6. The first-order chi connectivity index (χ1) is 36.1. The quantitative estimate of drug-likeness (QED) is 0.118. The molecule has 0 bridgehead atoms. The van der Waals surface area contributed by atoms with Crippen molar-refractivity contribution in [1.29, 1.82) is 0 Å². The monoisotopic (exact) mass is 1070 g/mol. The Morgan fingerprint density at radius 1 is 0.627 bits per heavy atom. The van der Waals surface area contributed by atoms with Crippen LogP contribution in [0.4, 0.5) is 11.5 Å². The molecule has 1 aliphatic rings. The Hall–Kier alpha value is -6.50. The van der Waals surface area contributed by atoms with Crippen molar-refractivity contribution < 1.29 is 37.8 Å². The summed E-state index contributed by atoms with van der Waals surface area (Å²) in [4.78, 5) is 7.04. The Morgan fingerprint density at radius 3 is 1.85 bits per heavy atom. The number of pyridine rings is 1. The van der Waals surface area contributed by atoms with Crippen molar-refractivity contribution in [2.45, 2.75) is 85.4 Å². The molecule has 0 aliphatic carbocycles. The Morgan fingerprint density at radius 2 is 1.24 bits per heavy atom.